The molecule has 1 saturated carbocycles. The molecule has 1 aliphatic heterocycles. The number of nitrogens with zero attached hydrogens (tertiary/aromatic N) is 3. The standard InChI is InChI=1S/C21H18N4O2S/c26-21(17-10-22-20(28-17)12-5-6-12)25-8-7-14-18(24-11-23-14)19(25)16-9-13-3-1-2-4-15(13)27-16/h1-4,9-12,19H,5-8H2,(H,23,24)/t19-/m1/s1. The number of carbonyl (C=O) groups is 1. The second-order valence-electron chi connectivity index (χ2n) is 7.44. The molecule has 1 atom stereocenters. The van der Waals surface area contributed by atoms with Crippen molar-refractivity contribution < 1.29 is 9.21 Å². The fraction of sp³-hybridized carbons (Fsp3) is 0.286. The minimum atomic E-state index is -0.332. The number of aromatic amines is 1. The summed E-state index contributed by atoms with van der Waals surface area (Å²) in [6, 6.07) is 9.60. The zero-order valence-corrected chi connectivity index (χ0v) is 15.9. The second kappa shape index (κ2) is 6.04. The molecule has 2 aliphatic rings. The second-order valence-corrected chi connectivity index (χ2v) is 8.50. The lowest BCUT2D eigenvalue weighted by atomic mass is 10.00. The largest absolute Gasteiger partial charge is 0.458 e. The Hall–Kier alpha value is -2.93. The minimum absolute atomic E-state index is 0.00325. The number of thiazole rings is 1. The van der Waals surface area contributed by atoms with Gasteiger partial charge in [-0.25, -0.2) is 9.97 Å². The van der Waals surface area contributed by atoms with Crippen molar-refractivity contribution in [2.24, 2.45) is 0 Å². The van der Waals surface area contributed by atoms with Crippen LogP contribution in [0.25, 0.3) is 11.0 Å². The van der Waals surface area contributed by atoms with Crippen LogP contribution in [0.4, 0.5) is 0 Å². The summed E-state index contributed by atoms with van der Waals surface area (Å²) in [5.74, 6) is 1.30. The lowest BCUT2D eigenvalue weighted by molar-refractivity contribution is 0.0677. The summed E-state index contributed by atoms with van der Waals surface area (Å²) in [4.78, 5) is 28.2. The van der Waals surface area contributed by atoms with Gasteiger partial charge in [0.25, 0.3) is 5.91 Å². The first-order valence-electron chi connectivity index (χ1n) is 9.55. The van der Waals surface area contributed by atoms with Crippen molar-refractivity contribution >= 4 is 28.2 Å². The summed E-state index contributed by atoms with van der Waals surface area (Å²) < 4.78 is 6.14. The van der Waals surface area contributed by atoms with Gasteiger partial charge in [-0.3, -0.25) is 4.79 Å². The van der Waals surface area contributed by atoms with E-state index >= 15 is 0 Å². The molecule has 4 aromatic rings. The van der Waals surface area contributed by atoms with E-state index in [1.54, 1.807) is 12.5 Å². The molecule has 4 heterocycles. The van der Waals surface area contributed by atoms with Crippen LogP contribution >= 0.6 is 11.3 Å². The maximum atomic E-state index is 13.4. The zero-order valence-electron chi connectivity index (χ0n) is 15.1. The fourth-order valence-corrected chi connectivity index (χ4v) is 5.01. The summed E-state index contributed by atoms with van der Waals surface area (Å²) in [7, 11) is 0. The Morgan fingerprint density at radius 2 is 2.14 bits per heavy atom. The highest BCUT2D eigenvalue weighted by atomic mass is 32.1. The maximum Gasteiger partial charge on any atom is 0.266 e. The van der Waals surface area contributed by atoms with E-state index in [9.17, 15) is 4.79 Å². The van der Waals surface area contributed by atoms with Gasteiger partial charge in [0, 0.05) is 30.0 Å². The Morgan fingerprint density at radius 3 is 3.00 bits per heavy atom. The molecule has 28 heavy (non-hydrogen) atoms. The quantitative estimate of drug-likeness (QED) is 0.567. The molecular formula is C21H18N4O2S. The van der Waals surface area contributed by atoms with Gasteiger partial charge in [0.1, 0.15) is 22.3 Å². The smallest absolute Gasteiger partial charge is 0.266 e. The normalized spacial score (nSPS) is 19.1. The number of H-pyrrole nitrogens is 1. The van der Waals surface area contributed by atoms with Crippen molar-refractivity contribution in [3.8, 4) is 0 Å². The van der Waals surface area contributed by atoms with E-state index in [-0.39, 0.29) is 11.9 Å². The number of hydrogen-bond acceptors (Lipinski definition) is 5. The van der Waals surface area contributed by atoms with E-state index in [2.05, 4.69) is 15.0 Å². The third kappa shape index (κ3) is 2.50. The van der Waals surface area contributed by atoms with Crippen molar-refractivity contribution in [2.45, 2.75) is 31.2 Å². The van der Waals surface area contributed by atoms with Gasteiger partial charge in [-0.15, -0.1) is 11.3 Å². The molecule has 1 N–H and O–H groups in total. The lowest BCUT2D eigenvalue weighted by Crippen LogP contribution is -2.40. The highest BCUT2D eigenvalue weighted by Crippen LogP contribution is 2.43. The van der Waals surface area contributed by atoms with Crippen molar-refractivity contribution in [2.75, 3.05) is 6.54 Å². The zero-order chi connectivity index (χ0) is 18.7. The molecular weight excluding hydrogens is 372 g/mol. The van der Waals surface area contributed by atoms with Crippen molar-refractivity contribution in [1.29, 1.82) is 0 Å². The first-order chi connectivity index (χ1) is 13.8. The number of fused-ring (bicyclic) bond motifs is 2. The van der Waals surface area contributed by atoms with Crippen LogP contribution in [0.15, 0.2) is 47.3 Å². The van der Waals surface area contributed by atoms with Crippen LogP contribution in [0.1, 0.15) is 56.6 Å². The van der Waals surface area contributed by atoms with Gasteiger partial charge in [-0.2, -0.15) is 0 Å². The van der Waals surface area contributed by atoms with Gasteiger partial charge in [0.05, 0.1) is 23.2 Å². The molecule has 6 rings (SSSR count). The van der Waals surface area contributed by atoms with Crippen molar-refractivity contribution in [3.63, 3.8) is 0 Å². The topological polar surface area (TPSA) is 75.0 Å². The molecule has 1 aliphatic carbocycles. The number of nitrogens with one attached hydrogen (secondary N) is 1. The van der Waals surface area contributed by atoms with E-state index < -0.39 is 0 Å². The first kappa shape index (κ1) is 16.1. The third-order valence-electron chi connectivity index (χ3n) is 5.56. The van der Waals surface area contributed by atoms with E-state index in [1.165, 1.54) is 24.2 Å². The lowest BCUT2D eigenvalue weighted by Gasteiger charge is -2.33. The fourth-order valence-electron chi connectivity index (χ4n) is 3.97. The number of furan rings is 1. The predicted octanol–water partition coefficient (Wildman–Crippen LogP) is 4.28. The van der Waals surface area contributed by atoms with Gasteiger partial charge >= 0.3 is 0 Å². The predicted molar refractivity (Wildman–Crippen MR) is 105 cm³/mol. The number of aromatic nitrogens is 3. The molecule has 1 fully saturated rings. The summed E-state index contributed by atoms with van der Waals surface area (Å²) in [6.45, 7) is 0.617. The summed E-state index contributed by atoms with van der Waals surface area (Å²) >= 11 is 1.53. The van der Waals surface area contributed by atoms with Gasteiger partial charge < -0.3 is 14.3 Å². The molecule has 6 nitrogen and oxygen atoms in total. The van der Waals surface area contributed by atoms with Gasteiger partial charge in [0.2, 0.25) is 0 Å². The summed E-state index contributed by atoms with van der Waals surface area (Å²) in [6.07, 6.45) is 6.56. The summed E-state index contributed by atoms with van der Waals surface area (Å²) in [5.41, 5.74) is 2.75. The third-order valence-corrected chi connectivity index (χ3v) is 6.71. The highest BCUT2D eigenvalue weighted by molar-refractivity contribution is 7.13. The van der Waals surface area contributed by atoms with Crippen LogP contribution < -0.4 is 0 Å². The Kier molecular flexibility index (Phi) is 3.46. The van der Waals surface area contributed by atoms with Crippen LogP contribution in [0.3, 0.4) is 0 Å². The van der Waals surface area contributed by atoms with Crippen LogP contribution in [-0.2, 0) is 6.42 Å². The number of rotatable bonds is 3. The monoisotopic (exact) mass is 390 g/mol. The van der Waals surface area contributed by atoms with E-state index in [1.807, 2.05) is 35.2 Å². The summed E-state index contributed by atoms with van der Waals surface area (Å²) in [5, 5.41) is 2.11. The highest BCUT2D eigenvalue weighted by Gasteiger charge is 2.38. The number of amides is 1. The molecule has 0 saturated heterocycles. The Bertz CT molecular complexity index is 1150. The molecule has 0 bridgehead atoms. The number of hydrogen-bond donors (Lipinski definition) is 1. The van der Waals surface area contributed by atoms with Gasteiger partial charge in [-0.05, 0) is 25.0 Å². The SMILES string of the molecule is O=C(c1cnc(C2CC2)s1)N1CCc2[nH]cnc2[C@H]1c1cc2ccccc2o1. The molecule has 0 unspecified atom stereocenters. The molecule has 0 spiro atoms. The van der Waals surface area contributed by atoms with Gasteiger partial charge in [0.15, 0.2) is 0 Å². The first-order valence-corrected chi connectivity index (χ1v) is 10.4. The Morgan fingerprint density at radius 1 is 1.25 bits per heavy atom. The number of para-hydroxylation sites is 1. The number of imidazole rings is 1. The molecule has 140 valence electrons. The van der Waals surface area contributed by atoms with E-state index in [0.717, 1.165) is 39.5 Å². The van der Waals surface area contributed by atoms with Crippen LogP contribution in [-0.4, -0.2) is 32.3 Å². The van der Waals surface area contributed by atoms with Crippen LogP contribution in [0, 0.1) is 0 Å². The minimum Gasteiger partial charge on any atom is -0.458 e. The molecule has 1 aromatic carbocycles. The van der Waals surface area contributed by atoms with E-state index in [0.29, 0.717) is 17.3 Å². The Balaban J connectivity index is 1.43. The van der Waals surface area contributed by atoms with Crippen molar-refractivity contribution in [1.82, 2.24) is 19.9 Å². The average Bonchev–Trinajstić information content (AvgIpc) is 3.14. The molecule has 0 radical (unpaired) electrons. The molecule has 7 heteroatoms. The Labute approximate surface area is 165 Å². The molecule has 1 amide bonds. The van der Waals surface area contributed by atoms with Crippen LogP contribution in [0.5, 0.6) is 0 Å². The average molecular weight is 390 g/mol. The number of carbonyl (C=O) groups excluding carboxylic acids is 1. The van der Waals surface area contributed by atoms with Crippen LogP contribution in [0.2, 0.25) is 0 Å². The van der Waals surface area contributed by atoms with Crippen molar-refractivity contribution in [3.05, 3.63) is 69.9 Å². The maximum absolute atomic E-state index is 13.4. The molecule has 3 aromatic heterocycles. The number of benzene rings is 1. The van der Waals surface area contributed by atoms with E-state index in [4.69, 9.17) is 4.42 Å². The van der Waals surface area contributed by atoms with Gasteiger partial charge in [-0.1, -0.05) is 18.2 Å².